The number of rotatable bonds is 11. The fraction of sp³-hybridized carbons (Fsp3) is 0.250. The number of benzene rings is 2. The molecule has 0 aliphatic carbocycles. The predicted octanol–water partition coefficient (Wildman–Crippen LogP) is 5.08. The number of carbonyl (C=O) groups is 1. The molecule has 0 saturated heterocycles. The average molecular weight is 556 g/mol. The molecule has 1 amide bonds. The van der Waals surface area contributed by atoms with Crippen LogP contribution >= 0.6 is 8.38 Å². The molecule has 11 heteroatoms. The van der Waals surface area contributed by atoms with Crippen molar-refractivity contribution in [1.29, 1.82) is 0 Å². The van der Waals surface area contributed by atoms with Crippen LogP contribution in [0.3, 0.4) is 0 Å². The van der Waals surface area contributed by atoms with Crippen LogP contribution in [0.15, 0.2) is 65.6 Å². The average Bonchev–Trinajstić information content (AvgIpc) is 2.91. The fourth-order valence-electron chi connectivity index (χ4n) is 4.08. The van der Waals surface area contributed by atoms with E-state index >= 15 is 0 Å². The number of nitrogens with zero attached hydrogens (tertiary/aromatic N) is 2. The second kappa shape index (κ2) is 12.9. The smallest absolute Gasteiger partial charge is 0.272 e. The van der Waals surface area contributed by atoms with Crippen LogP contribution in [0.4, 0.5) is 8.78 Å². The summed E-state index contributed by atoms with van der Waals surface area (Å²) in [6.07, 6.45) is 2.30. The van der Waals surface area contributed by atoms with Gasteiger partial charge in [-0.25, -0.2) is 8.78 Å². The standard InChI is InChI=1S/C28H28F2N3O5P/c1-3-37-39(38-4-2)14-13-31-27(35)24-26(34)25-23(33(28(24)36)22-11-9-21(30)10-12-22)16-19(17-32-25)15-18-5-7-20(29)8-6-18/h5-12,16-17,34H,3-4,13-15H2,1-2H3,(H,31,35). The van der Waals surface area contributed by atoms with E-state index < -0.39 is 37.0 Å². The topological polar surface area (TPSA) is 103 Å². The number of carbonyl (C=O) groups excluding carboxylic acids is 1. The van der Waals surface area contributed by atoms with Crippen LogP contribution in [-0.4, -0.2) is 46.5 Å². The molecule has 4 aromatic rings. The summed E-state index contributed by atoms with van der Waals surface area (Å²) in [6.45, 7) is 4.76. The van der Waals surface area contributed by atoms with Crippen molar-refractivity contribution in [1.82, 2.24) is 14.9 Å². The maximum absolute atomic E-state index is 13.7. The van der Waals surface area contributed by atoms with Crippen LogP contribution in [0, 0.1) is 11.6 Å². The highest BCUT2D eigenvalue weighted by molar-refractivity contribution is 7.47. The molecule has 2 aromatic heterocycles. The highest BCUT2D eigenvalue weighted by atomic mass is 31.2. The summed E-state index contributed by atoms with van der Waals surface area (Å²) in [4.78, 5) is 31.2. The van der Waals surface area contributed by atoms with Crippen molar-refractivity contribution in [3.63, 3.8) is 0 Å². The maximum Gasteiger partial charge on any atom is 0.272 e. The van der Waals surface area contributed by atoms with E-state index in [1.165, 1.54) is 47.2 Å². The highest BCUT2D eigenvalue weighted by Crippen LogP contribution is 2.37. The minimum Gasteiger partial charge on any atom is -0.505 e. The zero-order valence-electron chi connectivity index (χ0n) is 21.5. The first-order valence-corrected chi connectivity index (χ1v) is 13.8. The van der Waals surface area contributed by atoms with Gasteiger partial charge in [0.25, 0.3) is 11.5 Å². The molecular weight excluding hydrogens is 527 g/mol. The molecule has 0 spiro atoms. The molecule has 2 heterocycles. The number of aromatic hydroxyl groups is 1. The summed E-state index contributed by atoms with van der Waals surface area (Å²) in [6, 6.07) is 12.8. The van der Waals surface area contributed by atoms with Gasteiger partial charge < -0.3 is 19.5 Å². The Hall–Kier alpha value is -3.72. The normalized spacial score (nSPS) is 11.3. The van der Waals surface area contributed by atoms with Gasteiger partial charge in [-0.15, -0.1) is 0 Å². The third-order valence-corrected chi connectivity index (χ3v) is 7.48. The van der Waals surface area contributed by atoms with Crippen molar-refractivity contribution in [3.8, 4) is 11.4 Å². The Bertz CT molecular complexity index is 1510. The van der Waals surface area contributed by atoms with Crippen molar-refractivity contribution in [2.45, 2.75) is 20.3 Å². The van der Waals surface area contributed by atoms with Gasteiger partial charge in [0, 0.05) is 24.6 Å². The number of pyridine rings is 2. The molecule has 0 aliphatic heterocycles. The molecule has 2 N–H and O–H groups in total. The zero-order chi connectivity index (χ0) is 27.9. The fourth-order valence-corrected chi connectivity index (χ4v) is 5.28. The molecule has 0 aliphatic rings. The molecule has 0 saturated carbocycles. The molecular formula is C28H28F2N3O5P. The van der Waals surface area contributed by atoms with Gasteiger partial charge in [-0.1, -0.05) is 12.1 Å². The number of aromatic nitrogens is 2. The van der Waals surface area contributed by atoms with Gasteiger partial charge in [0.15, 0.2) is 14.1 Å². The van der Waals surface area contributed by atoms with Crippen LogP contribution in [0.25, 0.3) is 16.7 Å². The molecule has 0 bridgehead atoms. The summed E-state index contributed by atoms with van der Waals surface area (Å²) >= 11 is 0. The van der Waals surface area contributed by atoms with Crippen molar-refractivity contribution in [3.05, 3.63) is 99.5 Å². The van der Waals surface area contributed by atoms with Gasteiger partial charge >= 0.3 is 0 Å². The van der Waals surface area contributed by atoms with Gasteiger partial charge in [-0.2, -0.15) is 0 Å². The van der Waals surface area contributed by atoms with Crippen LogP contribution in [0.2, 0.25) is 0 Å². The largest absolute Gasteiger partial charge is 0.505 e. The lowest BCUT2D eigenvalue weighted by Crippen LogP contribution is -2.34. The van der Waals surface area contributed by atoms with E-state index in [1.54, 1.807) is 18.2 Å². The molecule has 4 rings (SSSR count). The molecule has 8 nitrogen and oxygen atoms in total. The Morgan fingerprint density at radius 2 is 1.62 bits per heavy atom. The molecule has 0 fully saturated rings. The van der Waals surface area contributed by atoms with Crippen LogP contribution < -0.4 is 10.9 Å². The Labute approximate surface area is 225 Å². The zero-order valence-corrected chi connectivity index (χ0v) is 22.4. The van der Waals surface area contributed by atoms with Crippen molar-refractivity contribution >= 4 is 25.3 Å². The lowest BCUT2D eigenvalue weighted by Gasteiger charge is -2.17. The minimum absolute atomic E-state index is 0.0258. The first-order valence-electron chi connectivity index (χ1n) is 12.4. The van der Waals surface area contributed by atoms with Gasteiger partial charge in [0.05, 0.1) is 18.7 Å². The molecule has 0 atom stereocenters. The first kappa shape index (κ1) is 28.3. The summed E-state index contributed by atoms with van der Waals surface area (Å²) in [5, 5.41) is 13.7. The van der Waals surface area contributed by atoms with E-state index in [9.17, 15) is 23.5 Å². The van der Waals surface area contributed by atoms with Crippen molar-refractivity contribution < 1.29 is 27.7 Å². The van der Waals surface area contributed by atoms with E-state index in [0.29, 0.717) is 31.4 Å². The second-order valence-corrected chi connectivity index (χ2v) is 10.1. The predicted molar refractivity (Wildman–Crippen MR) is 146 cm³/mol. The Kier molecular flexibility index (Phi) is 9.35. The third kappa shape index (κ3) is 6.65. The Balaban J connectivity index is 1.75. The first-order chi connectivity index (χ1) is 18.8. The van der Waals surface area contributed by atoms with E-state index in [0.717, 1.165) is 5.56 Å². The van der Waals surface area contributed by atoms with Gasteiger partial charge in [-0.05, 0) is 73.9 Å². The number of nitrogens with one attached hydrogen (secondary N) is 1. The van der Waals surface area contributed by atoms with Crippen LogP contribution in [0.5, 0.6) is 5.75 Å². The number of halogens is 2. The molecule has 0 radical (unpaired) electrons. The minimum atomic E-state index is -1.21. The Morgan fingerprint density at radius 1 is 1.00 bits per heavy atom. The summed E-state index contributed by atoms with van der Waals surface area (Å²) in [5.41, 5.74) is 0.768. The van der Waals surface area contributed by atoms with E-state index in [-0.39, 0.29) is 29.1 Å². The van der Waals surface area contributed by atoms with Crippen LogP contribution in [0.1, 0.15) is 35.3 Å². The van der Waals surface area contributed by atoms with E-state index in [2.05, 4.69) is 10.3 Å². The molecule has 0 unspecified atom stereocenters. The monoisotopic (exact) mass is 555 g/mol. The Morgan fingerprint density at radius 3 is 2.23 bits per heavy atom. The van der Waals surface area contributed by atoms with Gasteiger partial charge in [0.1, 0.15) is 22.7 Å². The molecule has 2 aromatic carbocycles. The number of amides is 1. The number of hydrogen-bond donors (Lipinski definition) is 2. The SMILES string of the molecule is CCOP(CCNC(=O)c1c(O)c2ncc(Cc3ccc(F)cc3)cc2n(-c2ccc(F)cc2)c1=O)OCC. The second-order valence-electron chi connectivity index (χ2n) is 8.50. The van der Waals surface area contributed by atoms with Gasteiger partial charge in [0.2, 0.25) is 0 Å². The highest BCUT2D eigenvalue weighted by Gasteiger charge is 2.24. The lowest BCUT2D eigenvalue weighted by molar-refractivity contribution is 0.0951. The molecule has 204 valence electrons. The third-order valence-electron chi connectivity index (χ3n) is 5.80. The maximum atomic E-state index is 13.7. The van der Waals surface area contributed by atoms with Gasteiger partial charge in [-0.3, -0.25) is 19.1 Å². The van der Waals surface area contributed by atoms with Crippen LogP contribution in [-0.2, 0) is 15.5 Å². The number of hydrogen-bond acceptors (Lipinski definition) is 6. The summed E-state index contributed by atoms with van der Waals surface area (Å²) in [7, 11) is -1.21. The summed E-state index contributed by atoms with van der Waals surface area (Å²) < 4.78 is 39.3. The summed E-state index contributed by atoms with van der Waals surface area (Å²) in [5.74, 6) is -2.20. The van der Waals surface area contributed by atoms with E-state index in [4.69, 9.17) is 9.05 Å². The van der Waals surface area contributed by atoms with Crippen molar-refractivity contribution in [2.75, 3.05) is 25.9 Å². The number of fused-ring (bicyclic) bond motifs is 1. The van der Waals surface area contributed by atoms with Crippen molar-refractivity contribution in [2.24, 2.45) is 0 Å². The quantitative estimate of drug-likeness (QED) is 0.251. The molecule has 39 heavy (non-hydrogen) atoms. The lowest BCUT2D eigenvalue weighted by atomic mass is 10.0. The van der Waals surface area contributed by atoms with E-state index in [1.807, 2.05) is 13.8 Å².